The summed E-state index contributed by atoms with van der Waals surface area (Å²) in [5.41, 5.74) is 10.5. The Morgan fingerprint density at radius 2 is 1.51 bits per heavy atom. The summed E-state index contributed by atoms with van der Waals surface area (Å²) in [6.07, 6.45) is 6.80. The molecule has 0 saturated heterocycles. The molecule has 3 amide bonds. The van der Waals surface area contributed by atoms with Crippen LogP contribution in [0.2, 0.25) is 0 Å². The second kappa shape index (κ2) is 19.0. The van der Waals surface area contributed by atoms with Crippen molar-refractivity contribution in [1.29, 1.82) is 0 Å². The van der Waals surface area contributed by atoms with E-state index in [1.54, 1.807) is 0 Å². The summed E-state index contributed by atoms with van der Waals surface area (Å²) in [5, 5.41) is 3.55. The van der Waals surface area contributed by atoms with E-state index in [0.29, 0.717) is 43.6 Å². The summed E-state index contributed by atoms with van der Waals surface area (Å²) in [7, 11) is 6.16. The molecule has 9 heteroatoms. The number of anilines is 1. The molecule has 304 valence electrons. The Hall–Kier alpha value is -4.89. The summed E-state index contributed by atoms with van der Waals surface area (Å²) < 4.78 is 2.09. The van der Waals surface area contributed by atoms with Gasteiger partial charge < -0.3 is 29.5 Å². The summed E-state index contributed by atoms with van der Waals surface area (Å²) in [4.78, 5) is 51.3. The molecule has 0 bridgehead atoms. The highest BCUT2D eigenvalue weighted by Crippen LogP contribution is 2.36. The Bertz CT molecular complexity index is 2040. The van der Waals surface area contributed by atoms with Crippen molar-refractivity contribution in [3.05, 3.63) is 111 Å². The van der Waals surface area contributed by atoms with Crippen molar-refractivity contribution >= 4 is 23.4 Å². The molecule has 1 aromatic heterocycles. The van der Waals surface area contributed by atoms with Gasteiger partial charge in [0.25, 0.3) is 11.8 Å². The Morgan fingerprint density at radius 3 is 2.23 bits per heavy atom. The lowest BCUT2D eigenvalue weighted by atomic mass is 9.89. The summed E-state index contributed by atoms with van der Waals surface area (Å²) in [5.74, 6) is 0.118. The molecule has 0 aliphatic carbocycles. The van der Waals surface area contributed by atoms with Crippen LogP contribution in [-0.4, -0.2) is 94.7 Å². The van der Waals surface area contributed by atoms with Crippen LogP contribution in [0.1, 0.15) is 107 Å². The third kappa shape index (κ3) is 9.63. The number of fused-ring (bicyclic) bond motifs is 2. The van der Waals surface area contributed by atoms with Crippen LogP contribution in [0, 0.1) is 6.92 Å². The molecule has 3 heterocycles. The smallest absolute Gasteiger partial charge is 0.255 e. The second-order valence-electron chi connectivity index (χ2n) is 16.5. The maximum atomic E-state index is 15.0. The lowest BCUT2D eigenvalue weighted by molar-refractivity contribution is -0.131. The van der Waals surface area contributed by atoms with Crippen LogP contribution in [0.4, 0.5) is 5.69 Å². The van der Waals surface area contributed by atoms with Gasteiger partial charge in [-0.05, 0) is 119 Å². The Labute approximate surface area is 341 Å². The normalized spacial score (nSPS) is 15.1. The van der Waals surface area contributed by atoms with Gasteiger partial charge in [0, 0.05) is 80.6 Å². The number of aromatic nitrogens is 1. The van der Waals surface area contributed by atoms with Gasteiger partial charge in [-0.2, -0.15) is 0 Å². The van der Waals surface area contributed by atoms with Crippen molar-refractivity contribution in [1.82, 2.24) is 24.2 Å². The standard InChI is InChI=1S/C48H64N6O3/c1-8-10-24-52(25-11-9-2)47(56)41-31-45(51(7)35(41)4)42-28-37-21-26-53(46(55)30-38-18-14-15-20-44(38)49-22-16-23-50(5)6)32-40(37)29-43(42)48(57)54-33-39-19-13-12-17-36(39)27-34(54)3/h12-15,17-20,28-29,31,34,49H,8-11,16,21-27,30,32-33H2,1-7H3/t34-/m1/s1. The van der Waals surface area contributed by atoms with E-state index < -0.39 is 0 Å². The van der Waals surface area contributed by atoms with Crippen LogP contribution >= 0.6 is 0 Å². The van der Waals surface area contributed by atoms with E-state index in [1.807, 2.05) is 59.0 Å². The predicted molar refractivity (Wildman–Crippen MR) is 232 cm³/mol. The van der Waals surface area contributed by atoms with E-state index in [2.05, 4.69) is 86.0 Å². The molecule has 3 aromatic carbocycles. The van der Waals surface area contributed by atoms with Crippen molar-refractivity contribution in [3.8, 4) is 11.3 Å². The molecular weight excluding hydrogens is 709 g/mol. The van der Waals surface area contributed by atoms with Crippen LogP contribution < -0.4 is 5.32 Å². The van der Waals surface area contributed by atoms with Crippen LogP contribution in [0.25, 0.3) is 11.3 Å². The largest absolute Gasteiger partial charge is 0.385 e. The number of hydrogen-bond acceptors (Lipinski definition) is 5. The van der Waals surface area contributed by atoms with Crippen LogP contribution in [0.15, 0.2) is 66.7 Å². The lowest BCUT2D eigenvalue weighted by Crippen LogP contribution is -2.43. The highest BCUT2D eigenvalue weighted by molar-refractivity contribution is 6.03. The van der Waals surface area contributed by atoms with Crippen molar-refractivity contribution in [2.75, 3.05) is 52.1 Å². The molecule has 0 unspecified atom stereocenters. The first-order valence-electron chi connectivity index (χ1n) is 21.2. The van der Waals surface area contributed by atoms with Gasteiger partial charge in [-0.15, -0.1) is 0 Å². The van der Waals surface area contributed by atoms with E-state index >= 15 is 0 Å². The number of nitrogens with one attached hydrogen (secondary N) is 1. The van der Waals surface area contributed by atoms with Gasteiger partial charge in [0.05, 0.1) is 12.0 Å². The third-order valence-corrected chi connectivity index (χ3v) is 12.1. The number of unbranched alkanes of at least 4 members (excludes halogenated alkanes) is 2. The molecule has 6 rings (SSSR count). The van der Waals surface area contributed by atoms with Crippen LogP contribution in [0.5, 0.6) is 0 Å². The van der Waals surface area contributed by atoms with Crippen LogP contribution in [-0.2, 0) is 44.2 Å². The van der Waals surface area contributed by atoms with Gasteiger partial charge in [-0.25, -0.2) is 0 Å². The maximum Gasteiger partial charge on any atom is 0.255 e. The second-order valence-corrected chi connectivity index (χ2v) is 16.5. The van der Waals surface area contributed by atoms with Crippen LogP contribution in [0.3, 0.4) is 0 Å². The molecule has 4 aromatic rings. The Kier molecular flexibility index (Phi) is 13.9. The fourth-order valence-electron chi connectivity index (χ4n) is 8.41. The fourth-order valence-corrected chi connectivity index (χ4v) is 8.41. The minimum absolute atomic E-state index is 0.0175. The zero-order chi connectivity index (χ0) is 40.6. The van der Waals surface area contributed by atoms with Gasteiger partial charge in [-0.1, -0.05) is 69.2 Å². The van der Waals surface area contributed by atoms with Crippen molar-refractivity contribution in [2.45, 2.75) is 98.2 Å². The van der Waals surface area contributed by atoms with E-state index in [4.69, 9.17) is 0 Å². The first kappa shape index (κ1) is 41.7. The minimum atomic E-state index is -0.0215. The van der Waals surface area contributed by atoms with Gasteiger partial charge in [0.15, 0.2) is 0 Å². The fraction of sp³-hybridized carbons (Fsp3) is 0.479. The van der Waals surface area contributed by atoms with E-state index in [-0.39, 0.29) is 23.8 Å². The maximum absolute atomic E-state index is 15.0. The SMILES string of the molecule is CCCCN(CCCC)C(=O)c1cc(-c2cc3c(cc2C(=O)N2Cc4ccccc4C[C@H]2C)CN(C(=O)Cc2ccccc2NCCCN(C)C)CC3)n(C)c1C. The monoisotopic (exact) mass is 773 g/mol. The molecule has 2 aliphatic heterocycles. The predicted octanol–water partition coefficient (Wildman–Crippen LogP) is 8.12. The van der Waals surface area contributed by atoms with Gasteiger partial charge in [0.2, 0.25) is 5.91 Å². The number of hydrogen-bond donors (Lipinski definition) is 1. The number of benzene rings is 3. The number of carbonyl (C=O) groups excluding carboxylic acids is 3. The van der Waals surface area contributed by atoms with Gasteiger partial charge in [0.1, 0.15) is 0 Å². The van der Waals surface area contributed by atoms with Crippen molar-refractivity contribution in [3.63, 3.8) is 0 Å². The molecule has 0 spiro atoms. The molecule has 0 saturated carbocycles. The molecular formula is C48H64N6O3. The summed E-state index contributed by atoms with van der Waals surface area (Å²) >= 11 is 0. The van der Waals surface area contributed by atoms with Crippen molar-refractivity contribution < 1.29 is 14.4 Å². The minimum Gasteiger partial charge on any atom is -0.385 e. The zero-order valence-corrected chi connectivity index (χ0v) is 35.5. The topological polar surface area (TPSA) is 81.1 Å². The Morgan fingerprint density at radius 1 is 0.807 bits per heavy atom. The molecule has 0 radical (unpaired) electrons. The van der Waals surface area contributed by atoms with Gasteiger partial charge >= 0.3 is 0 Å². The van der Waals surface area contributed by atoms with Gasteiger partial charge in [-0.3, -0.25) is 14.4 Å². The zero-order valence-electron chi connectivity index (χ0n) is 35.5. The van der Waals surface area contributed by atoms with E-state index in [1.165, 1.54) is 11.1 Å². The molecule has 0 fully saturated rings. The highest BCUT2D eigenvalue weighted by Gasteiger charge is 2.32. The average molecular weight is 773 g/mol. The average Bonchev–Trinajstić information content (AvgIpc) is 3.51. The number of rotatable bonds is 16. The van der Waals surface area contributed by atoms with E-state index in [9.17, 15) is 14.4 Å². The quantitative estimate of drug-likeness (QED) is 0.117. The summed E-state index contributed by atoms with van der Waals surface area (Å²) in [6.45, 7) is 13.4. The lowest BCUT2D eigenvalue weighted by Gasteiger charge is -2.36. The highest BCUT2D eigenvalue weighted by atomic mass is 16.2. The molecule has 9 nitrogen and oxygen atoms in total. The Balaban J connectivity index is 1.33. The number of para-hydroxylation sites is 1. The molecule has 2 aliphatic rings. The van der Waals surface area contributed by atoms with E-state index in [0.717, 1.165) is 104 Å². The van der Waals surface area contributed by atoms with Crippen molar-refractivity contribution in [2.24, 2.45) is 7.05 Å². The number of amides is 3. The first-order chi connectivity index (χ1) is 27.5. The first-order valence-corrected chi connectivity index (χ1v) is 21.2. The molecule has 1 N–H and O–H groups in total. The third-order valence-electron chi connectivity index (χ3n) is 12.1. The number of carbonyl (C=O) groups is 3. The number of nitrogens with zero attached hydrogens (tertiary/aromatic N) is 5. The molecule has 57 heavy (non-hydrogen) atoms. The molecule has 1 atom stereocenters. The summed E-state index contributed by atoms with van der Waals surface area (Å²) in [6, 6.07) is 22.8.